The molecule has 0 aliphatic rings. The van der Waals surface area contributed by atoms with Gasteiger partial charge in [0, 0.05) is 18.8 Å². The van der Waals surface area contributed by atoms with Crippen LogP contribution < -0.4 is 0 Å². The zero-order chi connectivity index (χ0) is 13.8. The third kappa shape index (κ3) is 3.06. The Morgan fingerprint density at radius 3 is 2.63 bits per heavy atom. The molecule has 0 fully saturated rings. The monoisotopic (exact) mass is 298 g/mol. The van der Waals surface area contributed by atoms with E-state index in [9.17, 15) is 0 Å². The summed E-state index contributed by atoms with van der Waals surface area (Å²) in [6.07, 6.45) is 3.14. The highest BCUT2D eigenvalue weighted by Crippen LogP contribution is 2.26. The van der Waals surface area contributed by atoms with Crippen LogP contribution >= 0.6 is 23.2 Å². The number of hydrogen-bond acceptors (Lipinski definition) is 1. The molecule has 19 heavy (non-hydrogen) atoms. The first-order valence-corrected chi connectivity index (χ1v) is 7.82. The zero-order valence-electron chi connectivity index (χ0n) is 11.5. The number of alkyl halides is 1. The van der Waals surface area contributed by atoms with Crippen molar-refractivity contribution in [3.63, 3.8) is 0 Å². The Morgan fingerprint density at radius 2 is 2.00 bits per heavy atom. The molecule has 0 bridgehead atoms. The van der Waals surface area contributed by atoms with Gasteiger partial charge >= 0.3 is 0 Å². The van der Waals surface area contributed by atoms with Crippen molar-refractivity contribution in [3.05, 3.63) is 29.0 Å². The Bertz CT molecular complexity index is 544. The fraction of sp³-hybridized carbons (Fsp3) is 0.533. The Labute approximate surface area is 124 Å². The molecule has 2 rings (SSSR count). The topological polar surface area (TPSA) is 17.8 Å². The standard InChI is InChI=1S/C15H20Cl2N2/c1-3-11(4-2)10-19-13-7-5-6-12(17)15(13)18-14(19)8-9-16/h5-7,11H,3-4,8-10H2,1-2H3. The van der Waals surface area contributed by atoms with E-state index in [1.165, 1.54) is 12.8 Å². The van der Waals surface area contributed by atoms with Crippen LogP contribution in [0.15, 0.2) is 18.2 Å². The number of fused-ring (bicyclic) bond motifs is 1. The van der Waals surface area contributed by atoms with Gasteiger partial charge in [-0.05, 0) is 18.1 Å². The van der Waals surface area contributed by atoms with Gasteiger partial charge < -0.3 is 4.57 Å². The molecular formula is C15H20Cl2N2. The number of hydrogen-bond donors (Lipinski definition) is 0. The lowest BCUT2D eigenvalue weighted by Gasteiger charge is -2.16. The Balaban J connectivity index is 2.48. The molecule has 0 unspecified atom stereocenters. The molecule has 4 heteroatoms. The van der Waals surface area contributed by atoms with Gasteiger partial charge in [-0.25, -0.2) is 4.98 Å². The fourth-order valence-electron chi connectivity index (χ4n) is 2.45. The molecule has 0 amide bonds. The van der Waals surface area contributed by atoms with E-state index in [-0.39, 0.29) is 0 Å². The van der Waals surface area contributed by atoms with Crippen molar-refractivity contribution in [2.75, 3.05) is 5.88 Å². The van der Waals surface area contributed by atoms with Crippen LogP contribution in [-0.2, 0) is 13.0 Å². The number of nitrogens with zero attached hydrogens (tertiary/aromatic N) is 2. The predicted octanol–water partition coefficient (Wildman–Crippen LogP) is 4.91. The summed E-state index contributed by atoms with van der Waals surface area (Å²) in [7, 11) is 0. The molecule has 1 aromatic heterocycles. The van der Waals surface area contributed by atoms with E-state index in [2.05, 4.69) is 29.5 Å². The molecule has 0 aliphatic heterocycles. The molecule has 2 aromatic rings. The number of para-hydroxylation sites is 1. The Morgan fingerprint density at radius 1 is 1.26 bits per heavy atom. The first-order chi connectivity index (χ1) is 9.21. The minimum Gasteiger partial charge on any atom is -0.328 e. The van der Waals surface area contributed by atoms with Crippen LogP contribution in [0.3, 0.4) is 0 Å². The summed E-state index contributed by atoms with van der Waals surface area (Å²) >= 11 is 12.1. The SMILES string of the molecule is CCC(CC)Cn1c(CCCl)nc2c(Cl)cccc21. The van der Waals surface area contributed by atoms with Crippen molar-refractivity contribution < 1.29 is 0 Å². The number of benzene rings is 1. The van der Waals surface area contributed by atoms with Crippen LogP contribution in [0.1, 0.15) is 32.5 Å². The minimum atomic E-state index is 0.587. The molecule has 0 atom stereocenters. The van der Waals surface area contributed by atoms with Gasteiger partial charge in [-0.1, -0.05) is 44.4 Å². The molecule has 0 spiro atoms. The lowest BCUT2D eigenvalue weighted by molar-refractivity contribution is 0.417. The summed E-state index contributed by atoms with van der Waals surface area (Å²) < 4.78 is 2.29. The number of aryl methyl sites for hydroxylation is 1. The average Bonchev–Trinajstić information content (AvgIpc) is 2.76. The van der Waals surface area contributed by atoms with Gasteiger partial charge in [0.1, 0.15) is 11.3 Å². The maximum Gasteiger partial charge on any atom is 0.111 e. The van der Waals surface area contributed by atoms with Crippen LogP contribution in [0.5, 0.6) is 0 Å². The molecule has 0 N–H and O–H groups in total. The predicted molar refractivity (Wildman–Crippen MR) is 83.2 cm³/mol. The van der Waals surface area contributed by atoms with Crippen molar-refractivity contribution in [1.82, 2.24) is 9.55 Å². The number of rotatable bonds is 6. The minimum absolute atomic E-state index is 0.587. The van der Waals surface area contributed by atoms with E-state index in [0.29, 0.717) is 11.8 Å². The molecule has 1 aromatic carbocycles. The lowest BCUT2D eigenvalue weighted by atomic mass is 10.0. The largest absolute Gasteiger partial charge is 0.328 e. The van der Waals surface area contributed by atoms with Crippen LogP contribution in [-0.4, -0.2) is 15.4 Å². The normalized spacial score (nSPS) is 11.6. The second-order valence-electron chi connectivity index (χ2n) is 4.87. The quantitative estimate of drug-likeness (QED) is 0.693. The molecule has 0 aliphatic carbocycles. The van der Waals surface area contributed by atoms with E-state index < -0.39 is 0 Å². The van der Waals surface area contributed by atoms with Gasteiger partial charge in [0.15, 0.2) is 0 Å². The summed E-state index contributed by atoms with van der Waals surface area (Å²) in [5.74, 6) is 2.31. The van der Waals surface area contributed by atoms with Crippen LogP contribution in [0, 0.1) is 5.92 Å². The van der Waals surface area contributed by atoms with E-state index >= 15 is 0 Å². The first-order valence-electron chi connectivity index (χ1n) is 6.90. The highest BCUT2D eigenvalue weighted by Gasteiger charge is 2.15. The summed E-state index contributed by atoms with van der Waals surface area (Å²) in [4.78, 5) is 4.67. The van der Waals surface area contributed by atoms with Gasteiger partial charge in [0.2, 0.25) is 0 Å². The van der Waals surface area contributed by atoms with Gasteiger partial charge in [-0.3, -0.25) is 0 Å². The van der Waals surface area contributed by atoms with Crippen molar-refractivity contribution in [2.24, 2.45) is 5.92 Å². The van der Waals surface area contributed by atoms with Crippen molar-refractivity contribution in [2.45, 2.75) is 39.7 Å². The summed E-state index contributed by atoms with van der Waals surface area (Å²) in [6.45, 7) is 5.47. The third-order valence-electron chi connectivity index (χ3n) is 3.72. The van der Waals surface area contributed by atoms with Crippen molar-refractivity contribution in [1.29, 1.82) is 0 Å². The Kier molecular flexibility index (Phi) is 5.12. The van der Waals surface area contributed by atoms with Crippen molar-refractivity contribution >= 4 is 34.2 Å². The third-order valence-corrected chi connectivity index (χ3v) is 4.22. The van der Waals surface area contributed by atoms with Gasteiger partial charge in [-0.2, -0.15) is 0 Å². The molecular weight excluding hydrogens is 279 g/mol. The molecule has 104 valence electrons. The maximum atomic E-state index is 6.24. The smallest absolute Gasteiger partial charge is 0.111 e. The van der Waals surface area contributed by atoms with E-state index in [4.69, 9.17) is 23.2 Å². The fourth-order valence-corrected chi connectivity index (χ4v) is 2.83. The first kappa shape index (κ1) is 14.7. The molecule has 1 heterocycles. The van der Waals surface area contributed by atoms with E-state index in [1.807, 2.05) is 12.1 Å². The van der Waals surface area contributed by atoms with Gasteiger partial charge in [-0.15, -0.1) is 11.6 Å². The summed E-state index contributed by atoms with van der Waals surface area (Å²) in [5.41, 5.74) is 2.02. The number of aromatic nitrogens is 2. The highest BCUT2D eigenvalue weighted by atomic mass is 35.5. The Hall–Kier alpha value is -0.730. The van der Waals surface area contributed by atoms with Crippen LogP contribution in [0.25, 0.3) is 11.0 Å². The molecule has 2 nitrogen and oxygen atoms in total. The van der Waals surface area contributed by atoms with E-state index in [0.717, 1.165) is 34.8 Å². The van der Waals surface area contributed by atoms with Gasteiger partial charge in [0.05, 0.1) is 10.5 Å². The van der Waals surface area contributed by atoms with Gasteiger partial charge in [0.25, 0.3) is 0 Å². The summed E-state index contributed by atoms with van der Waals surface area (Å²) in [6, 6.07) is 5.97. The maximum absolute atomic E-state index is 6.24. The van der Waals surface area contributed by atoms with Crippen LogP contribution in [0.2, 0.25) is 5.02 Å². The van der Waals surface area contributed by atoms with Crippen LogP contribution in [0.4, 0.5) is 0 Å². The number of imidazole rings is 1. The van der Waals surface area contributed by atoms with E-state index in [1.54, 1.807) is 0 Å². The second kappa shape index (κ2) is 6.62. The van der Waals surface area contributed by atoms with Crippen molar-refractivity contribution in [3.8, 4) is 0 Å². The summed E-state index contributed by atoms with van der Waals surface area (Å²) in [5, 5.41) is 0.719. The highest BCUT2D eigenvalue weighted by molar-refractivity contribution is 6.34. The lowest BCUT2D eigenvalue weighted by Crippen LogP contribution is -2.12. The molecule has 0 saturated carbocycles. The zero-order valence-corrected chi connectivity index (χ0v) is 13.0. The second-order valence-corrected chi connectivity index (χ2v) is 5.65. The average molecular weight is 299 g/mol. The number of halogens is 2. The molecule has 0 saturated heterocycles. The molecule has 0 radical (unpaired) electrons.